The predicted molar refractivity (Wildman–Crippen MR) is 63.4 cm³/mol. The van der Waals surface area contributed by atoms with E-state index in [1.807, 2.05) is 0 Å². The molecule has 1 saturated carbocycles. The molecule has 3 N–H and O–H groups in total. The lowest BCUT2D eigenvalue weighted by molar-refractivity contribution is -0.145. The van der Waals surface area contributed by atoms with Crippen molar-refractivity contribution >= 4 is 17.7 Å². The summed E-state index contributed by atoms with van der Waals surface area (Å²) in [5.41, 5.74) is 5.41. The lowest BCUT2D eigenvalue weighted by atomic mass is 10.4. The van der Waals surface area contributed by atoms with Crippen LogP contribution in [0.15, 0.2) is 12.3 Å². The maximum absolute atomic E-state index is 11.4. The summed E-state index contributed by atoms with van der Waals surface area (Å²) in [7, 11) is 0. The minimum atomic E-state index is -0.433. The van der Waals surface area contributed by atoms with Gasteiger partial charge in [0.05, 0.1) is 6.42 Å². The van der Waals surface area contributed by atoms with E-state index in [0.717, 1.165) is 12.8 Å². The number of ether oxygens (including phenoxy) is 1. The largest absolute Gasteiger partial charge is 0.464 e. The number of nitrogens with zero attached hydrogens (tertiary/aromatic N) is 2. The minimum absolute atomic E-state index is 0.00143. The summed E-state index contributed by atoms with van der Waals surface area (Å²) < 4.78 is 6.32. The molecule has 1 aromatic heterocycles. The number of amides is 1. The first-order chi connectivity index (χ1) is 8.63. The maximum Gasteiger partial charge on any atom is 0.327 e. The monoisotopic (exact) mass is 252 g/mol. The highest BCUT2D eigenvalue weighted by Gasteiger charge is 2.22. The van der Waals surface area contributed by atoms with Gasteiger partial charge in [-0.2, -0.15) is 5.10 Å². The lowest BCUT2D eigenvalue weighted by Crippen LogP contribution is -2.27. The highest BCUT2D eigenvalue weighted by Crippen LogP contribution is 2.18. The first-order valence-corrected chi connectivity index (χ1v) is 5.87. The van der Waals surface area contributed by atoms with Crippen molar-refractivity contribution in [3.63, 3.8) is 0 Å². The van der Waals surface area contributed by atoms with Crippen LogP contribution in [0, 0.1) is 0 Å². The Morgan fingerprint density at radius 1 is 1.56 bits per heavy atom. The van der Waals surface area contributed by atoms with Gasteiger partial charge in [0.15, 0.2) is 0 Å². The van der Waals surface area contributed by atoms with Gasteiger partial charge < -0.3 is 15.8 Å². The number of aromatic nitrogens is 2. The zero-order chi connectivity index (χ0) is 13.0. The van der Waals surface area contributed by atoms with Crippen molar-refractivity contribution in [3.8, 4) is 0 Å². The molecule has 0 saturated heterocycles. The number of carbonyl (C=O) groups excluding carboxylic acids is 2. The van der Waals surface area contributed by atoms with Crippen LogP contribution in [0.4, 0.5) is 5.82 Å². The molecular formula is C11H16N4O3. The van der Waals surface area contributed by atoms with Crippen molar-refractivity contribution in [1.29, 1.82) is 0 Å². The van der Waals surface area contributed by atoms with Crippen molar-refractivity contribution < 1.29 is 14.3 Å². The third kappa shape index (κ3) is 4.08. The van der Waals surface area contributed by atoms with Gasteiger partial charge in [0.2, 0.25) is 5.91 Å². The van der Waals surface area contributed by atoms with Gasteiger partial charge in [-0.05, 0) is 18.9 Å². The number of nitrogens with two attached hydrogens (primary N) is 1. The van der Waals surface area contributed by atoms with Gasteiger partial charge in [-0.3, -0.25) is 14.3 Å². The number of nitrogen functional groups attached to an aromatic ring is 1. The molecule has 1 heterocycles. The fourth-order valence-corrected chi connectivity index (χ4v) is 1.43. The molecule has 7 heteroatoms. The molecule has 0 bridgehead atoms. The number of hydrogen-bond donors (Lipinski definition) is 2. The Balaban J connectivity index is 1.60. The van der Waals surface area contributed by atoms with Crippen LogP contribution in [0.3, 0.4) is 0 Å². The number of rotatable bonds is 6. The van der Waals surface area contributed by atoms with E-state index in [2.05, 4.69) is 10.4 Å². The SMILES string of the molecule is Nc1ccn(CC(=O)OCCC(=O)NC2CC2)n1. The van der Waals surface area contributed by atoms with Crippen LogP contribution < -0.4 is 11.1 Å². The van der Waals surface area contributed by atoms with Gasteiger partial charge in [-0.25, -0.2) is 0 Å². The van der Waals surface area contributed by atoms with E-state index in [1.165, 1.54) is 4.68 Å². The summed E-state index contributed by atoms with van der Waals surface area (Å²) in [6, 6.07) is 1.93. The second-order valence-electron chi connectivity index (χ2n) is 4.25. The molecular weight excluding hydrogens is 236 g/mol. The third-order valence-electron chi connectivity index (χ3n) is 2.49. The molecule has 0 aromatic carbocycles. The fraction of sp³-hybridized carbons (Fsp3) is 0.545. The number of carbonyl (C=O) groups is 2. The Labute approximate surface area is 104 Å². The van der Waals surface area contributed by atoms with Crippen LogP contribution >= 0.6 is 0 Å². The van der Waals surface area contributed by atoms with E-state index in [9.17, 15) is 9.59 Å². The normalized spacial score (nSPS) is 14.2. The van der Waals surface area contributed by atoms with E-state index in [-0.39, 0.29) is 25.5 Å². The zero-order valence-corrected chi connectivity index (χ0v) is 9.96. The van der Waals surface area contributed by atoms with Gasteiger partial charge >= 0.3 is 5.97 Å². The second-order valence-corrected chi connectivity index (χ2v) is 4.25. The summed E-state index contributed by atoms with van der Waals surface area (Å²) >= 11 is 0. The van der Waals surface area contributed by atoms with Crippen LogP contribution in [-0.2, 0) is 20.9 Å². The highest BCUT2D eigenvalue weighted by molar-refractivity contribution is 5.77. The van der Waals surface area contributed by atoms with Crippen molar-refractivity contribution in [2.24, 2.45) is 0 Å². The minimum Gasteiger partial charge on any atom is -0.464 e. The number of nitrogens with one attached hydrogen (secondary N) is 1. The molecule has 1 aromatic rings. The summed E-state index contributed by atoms with van der Waals surface area (Å²) in [5.74, 6) is -0.155. The van der Waals surface area contributed by atoms with E-state index >= 15 is 0 Å². The van der Waals surface area contributed by atoms with Crippen LogP contribution in [0.1, 0.15) is 19.3 Å². The summed E-state index contributed by atoms with van der Waals surface area (Å²) in [6.07, 6.45) is 3.89. The van der Waals surface area contributed by atoms with Crippen LogP contribution in [0.2, 0.25) is 0 Å². The second kappa shape index (κ2) is 5.52. The van der Waals surface area contributed by atoms with Gasteiger partial charge in [-0.15, -0.1) is 0 Å². The molecule has 0 spiro atoms. The topological polar surface area (TPSA) is 99.2 Å². The first-order valence-electron chi connectivity index (χ1n) is 5.87. The molecule has 1 amide bonds. The Morgan fingerprint density at radius 2 is 2.33 bits per heavy atom. The van der Waals surface area contributed by atoms with Crippen molar-refractivity contribution in [3.05, 3.63) is 12.3 Å². The quantitative estimate of drug-likeness (QED) is 0.676. The molecule has 1 aliphatic rings. The van der Waals surface area contributed by atoms with E-state index < -0.39 is 5.97 Å². The average molecular weight is 252 g/mol. The maximum atomic E-state index is 11.4. The summed E-state index contributed by atoms with van der Waals surface area (Å²) in [6.45, 7) is 0.0928. The van der Waals surface area contributed by atoms with Crippen molar-refractivity contribution in [2.45, 2.75) is 31.8 Å². The van der Waals surface area contributed by atoms with Crippen molar-refractivity contribution in [2.75, 3.05) is 12.3 Å². The first kappa shape index (κ1) is 12.4. The smallest absolute Gasteiger partial charge is 0.327 e. The lowest BCUT2D eigenvalue weighted by Gasteiger charge is -2.05. The fourth-order valence-electron chi connectivity index (χ4n) is 1.43. The Morgan fingerprint density at radius 3 is 2.94 bits per heavy atom. The van der Waals surface area contributed by atoms with Crippen molar-refractivity contribution in [1.82, 2.24) is 15.1 Å². The summed E-state index contributed by atoms with van der Waals surface area (Å²) in [5, 5.41) is 6.67. The van der Waals surface area contributed by atoms with Gasteiger partial charge in [-0.1, -0.05) is 0 Å². The summed E-state index contributed by atoms with van der Waals surface area (Å²) in [4.78, 5) is 22.7. The molecule has 0 aliphatic heterocycles. The molecule has 0 atom stereocenters. The molecule has 7 nitrogen and oxygen atoms in total. The van der Waals surface area contributed by atoms with E-state index in [0.29, 0.717) is 11.9 Å². The van der Waals surface area contributed by atoms with E-state index in [4.69, 9.17) is 10.5 Å². The molecule has 1 fully saturated rings. The highest BCUT2D eigenvalue weighted by atomic mass is 16.5. The predicted octanol–water partition coefficient (Wildman–Crippen LogP) is -0.323. The molecule has 18 heavy (non-hydrogen) atoms. The Hall–Kier alpha value is -2.05. The molecule has 98 valence electrons. The third-order valence-corrected chi connectivity index (χ3v) is 2.49. The van der Waals surface area contributed by atoms with Crippen LogP contribution in [-0.4, -0.2) is 34.3 Å². The Bertz CT molecular complexity index is 439. The number of esters is 1. The van der Waals surface area contributed by atoms with Crippen LogP contribution in [0.5, 0.6) is 0 Å². The van der Waals surface area contributed by atoms with Gasteiger partial charge in [0, 0.05) is 12.2 Å². The Kier molecular flexibility index (Phi) is 3.81. The van der Waals surface area contributed by atoms with Crippen LogP contribution in [0.25, 0.3) is 0 Å². The molecule has 0 unspecified atom stereocenters. The number of anilines is 1. The standard InChI is InChI=1S/C11H16N4O3/c12-9-3-5-15(14-9)7-11(17)18-6-4-10(16)13-8-1-2-8/h3,5,8H,1-2,4,6-7H2,(H2,12,14)(H,13,16). The van der Waals surface area contributed by atoms with Gasteiger partial charge in [0.1, 0.15) is 19.0 Å². The van der Waals surface area contributed by atoms with E-state index in [1.54, 1.807) is 12.3 Å². The molecule has 2 rings (SSSR count). The average Bonchev–Trinajstić information content (AvgIpc) is 3.01. The van der Waals surface area contributed by atoms with Gasteiger partial charge in [0.25, 0.3) is 0 Å². The molecule has 0 radical (unpaired) electrons. The number of hydrogen-bond acceptors (Lipinski definition) is 5. The molecule has 1 aliphatic carbocycles. The zero-order valence-electron chi connectivity index (χ0n) is 9.96.